The van der Waals surface area contributed by atoms with Gasteiger partial charge in [-0.1, -0.05) is 0 Å². The molecule has 0 spiro atoms. The van der Waals surface area contributed by atoms with E-state index in [0.29, 0.717) is 6.16 Å². The first kappa shape index (κ1) is 18.3. The van der Waals surface area contributed by atoms with E-state index in [1.807, 2.05) is 24.3 Å². The van der Waals surface area contributed by atoms with Gasteiger partial charge in [0.2, 0.25) is 0 Å². The minimum atomic E-state index is -2.46. The van der Waals surface area contributed by atoms with Crippen LogP contribution in [-0.2, 0) is 6.16 Å². The maximum absolute atomic E-state index is 10.6. The Morgan fingerprint density at radius 3 is 1.36 bits per heavy atom. The summed E-state index contributed by atoms with van der Waals surface area (Å²) in [6.45, 7) is 0. The molecule has 0 bridgehead atoms. The van der Waals surface area contributed by atoms with Crippen LogP contribution < -0.4 is 15.9 Å². The zero-order valence-corrected chi connectivity index (χ0v) is 16.5. The second-order valence-electron chi connectivity index (χ2n) is 6.99. The van der Waals surface area contributed by atoms with Crippen molar-refractivity contribution in [2.24, 2.45) is 0 Å². The molecule has 4 aromatic carbocycles. The predicted molar refractivity (Wildman–Crippen MR) is 120 cm³/mol. The monoisotopic (exact) mass is 386 g/mol. The normalized spacial score (nSPS) is 11.9. The summed E-state index contributed by atoms with van der Waals surface area (Å²) in [6, 6.07) is 36.7. The summed E-state index contributed by atoms with van der Waals surface area (Å²) >= 11 is 0. The Kier molecular flexibility index (Phi) is 5.14. The number of hydrogen-bond acceptors (Lipinski definition) is 2. The first-order valence-corrected chi connectivity index (χ1v) is 11.6. The molecule has 0 unspecified atom stereocenters. The maximum atomic E-state index is 10.6. The van der Waals surface area contributed by atoms with E-state index >= 15 is 0 Å². The Labute approximate surface area is 166 Å². The van der Waals surface area contributed by atoms with Crippen molar-refractivity contribution in [2.75, 3.05) is 0 Å². The van der Waals surface area contributed by atoms with Gasteiger partial charge in [0, 0.05) is 0 Å². The number of phenolic OH excluding ortho intramolecular Hbond substituents is 2. The molecule has 0 atom stereocenters. The van der Waals surface area contributed by atoms with Gasteiger partial charge in [-0.25, -0.2) is 0 Å². The van der Waals surface area contributed by atoms with E-state index in [4.69, 9.17) is 0 Å². The van der Waals surface area contributed by atoms with Crippen LogP contribution in [0.15, 0.2) is 109 Å². The van der Waals surface area contributed by atoms with Crippen molar-refractivity contribution in [3.05, 3.63) is 115 Å². The van der Waals surface area contributed by atoms with Crippen LogP contribution in [0.4, 0.5) is 0 Å². The van der Waals surface area contributed by atoms with Crippen molar-refractivity contribution >= 4 is 23.2 Å². The zero-order valence-electron chi connectivity index (χ0n) is 15.5. The van der Waals surface area contributed by atoms with Crippen LogP contribution in [0, 0.1) is 0 Å². The molecule has 0 heterocycles. The fourth-order valence-corrected chi connectivity index (χ4v) is 8.73. The van der Waals surface area contributed by atoms with Gasteiger partial charge >= 0.3 is 166 Å². The van der Waals surface area contributed by atoms with E-state index in [1.165, 1.54) is 22.0 Å². The van der Waals surface area contributed by atoms with E-state index in [9.17, 15) is 10.2 Å². The molecule has 0 saturated carbocycles. The molecule has 0 amide bonds. The van der Waals surface area contributed by atoms with Gasteiger partial charge in [0.25, 0.3) is 0 Å². The average molecular weight is 386 g/mol. The van der Waals surface area contributed by atoms with Crippen LogP contribution in [0.1, 0.15) is 5.56 Å². The van der Waals surface area contributed by atoms with Gasteiger partial charge in [-0.05, 0) is 0 Å². The SMILES string of the molecule is Oc1ccc(C[PH](c2ccccc2)(c2ccccc2)c2ccccc2)c(O)c1. The second-order valence-corrected chi connectivity index (χ2v) is 10.9. The van der Waals surface area contributed by atoms with Gasteiger partial charge in [0.15, 0.2) is 0 Å². The van der Waals surface area contributed by atoms with Crippen LogP contribution in [0.25, 0.3) is 0 Å². The molecule has 0 radical (unpaired) electrons. The average Bonchev–Trinajstić information content (AvgIpc) is 2.75. The number of benzene rings is 4. The first-order valence-electron chi connectivity index (χ1n) is 9.37. The van der Waals surface area contributed by atoms with Crippen LogP contribution in [0.2, 0.25) is 0 Å². The van der Waals surface area contributed by atoms with Crippen molar-refractivity contribution in [3.63, 3.8) is 0 Å². The molecule has 0 aliphatic carbocycles. The third-order valence-corrected chi connectivity index (χ3v) is 10.2. The number of rotatable bonds is 5. The molecule has 4 rings (SSSR count). The van der Waals surface area contributed by atoms with E-state index in [0.717, 1.165) is 5.56 Å². The van der Waals surface area contributed by atoms with E-state index in [2.05, 4.69) is 72.8 Å². The summed E-state index contributed by atoms with van der Waals surface area (Å²) in [7, 11) is -2.46. The van der Waals surface area contributed by atoms with Crippen LogP contribution in [0.5, 0.6) is 11.5 Å². The van der Waals surface area contributed by atoms with Gasteiger partial charge in [-0.2, -0.15) is 0 Å². The molecule has 0 aliphatic heterocycles. The molecular weight excluding hydrogens is 363 g/mol. The molecular formula is C25H23O2P. The Hall–Kier alpha value is -3.09. The van der Waals surface area contributed by atoms with Crippen molar-refractivity contribution in [2.45, 2.75) is 6.16 Å². The van der Waals surface area contributed by atoms with Gasteiger partial charge < -0.3 is 0 Å². The van der Waals surface area contributed by atoms with E-state index in [1.54, 1.807) is 6.07 Å². The third-order valence-electron chi connectivity index (χ3n) is 5.32. The van der Waals surface area contributed by atoms with Gasteiger partial charge in [-0.3, -0.25) is 0 Å². The van der Waals surface area contributed by atoms with Crippen molar-refractivity contribution in [1.82, 2.24) is 0 Å². The zero-order chi connectivity index (χ0) is 19.4. The van der Waals surface area contributed by atoms with Crippen molar-refractivity contribution in [3.8, 4) is 11.5 Å². The summed E-state index contributed by atoms with van der Waals surface area (Å²) in [4.78, 5) is 0. The molecule has 0 saturated heterocycles. The van der Waals surface area contributed by atoms with Crippen LogP contribution in [0.3, 0.4) is 0 Å². The topological polar surface area (TPSA) is 40.5 Å². The molecule has 0 aliphatic rings. The molecule has 140 valence electrons. The van der Waals surface area contributed by atoms with Crippen molar-refractivity contribution in [1.29, 1.82) is 0 Å². The third kappa shape index (κ3) is 3.40. The first-order chi connectivity index (χ1) is 13.7. The van der Waals surface area contributed by atoms with E-state index in [-0.39, 0.29) is 11.5 Å². The molecule has 4 aromatic rings. The van der Waals surface area contributed by atoms with Gasteiger partial charge in [-0.15, -0.1) is 0 Å². The Morgan fingerprint density at radius 2 is 0.964 bits per heavy atom. The Bertz CT molecular complexity index is 951. The molecule has 0 aromatic heterocycles. The standard InChI is InChI=1S/C25H23O2P/c26-21-17-16-20(25(27)18-21)19-28(22-10-4-1-5-11-22,23-12-6-2-7-13-23)24-14-8-3-9-15-24/h1-18,26-28H,19H2. The summed E-state index contributed by atoms with van der Waals surface area (Å²) < 4.78 is 0. The molecule has 2 nitrogen and oxygen atoms in total. The number of phenols is 2. The van der Waals surface area contributed by atoms with Crippen LogP contribution >= 0.6 is 7.26 Å². The fraction of sp³-hybridized carbons (Fsp3) is 0.0400. The van der Waals surface area contributed by atoms with E-state index < -0.39 is 7.26 Å². The summed E-state index contributed by atoms with van der Waals surface area (Å²) in [5.41, 5.74) is 0.848. The number of hydrogen-bond donors (Lipinski definition) is 2. The molecule has 3 heteroatoms. The van der Waals surface area contributed by atoms with Gasteiger partial charge in [0.05, 0.1) is 0 Å². The molecule has 2 N–H and O–H groups in total. The quantitative estimate of drug-likeness (QED) is 0.502. The molecule has 28 heavy (non-hydrogen) atoms. The summed E-state index contributed by atoms with van der Waals surface area (Å²) in [5, 5.41) is 24.2. The minimum absolute atomic E-state index is 0.0765. The van der Waals surface area contributed by atoms with Gasteiger partial charge in [0.1, 0.15) is 0 Å². The molecule has 0 fully saturated rings. The predicted octanol–water partition coefficient (Wildman–Crippen LogP) is 4.32. The van der Waals surface area contributed by atoms with Crippen LogP contribution in [-0.4, -0.2) is 10.2 Å². The summed E-state index contributed by atoms with van der Waals surface area (Å²) in [6.07, 6.45) is 0.706. The summed E-state index contributed by atoms with van der Waals surface area (Å²) in [5.74, 6) is 0.215. The number of aromatic hydroxyl groups is 2. The Balaban J connectivity index is 2.01. The second kappa shape index (κ2) is 7.88. The Morgan fingerprint density at radius 1 is 0.536 bits per heavy atom. The fourth-order valence-electron chi connectivity index (χ4n) is 3.96. The van der Waals surface area contributed by atoms with Crippen molar-refractivity contribution < 1.29 is 10.2 Å².